The topological polar surface area (TPSA) is 76.9 Å². The van der Waals surface area contributed by atoms with Crippen molar-refractivity contribution in [2.45, 2.75) is 33.7 Å². The Morgan fingerprint density at radius 1 is 1.00 bits per heavy atom. The summed E-state index contributed by atoms with van der Waals surface area (Å²) < 4.78 is 1.09. The number of benzene rings is 2. The highest BCUT2D eigenvalue weighted by Gasteiger charge is 2.19. The molecule has 1 atom stereocenters. The van der Waals surface area contributed by atoms with Crippen molar-refractivity contribution in [2.24, 2.45) is 0 Å². The van der Waals surface area contributed by atoms with Crippen LogP contribution in [0.15, 0.2) is 53.5 Å². The van der Waals surface area contributed by atoms with Gasteiger partial charge in [0.05, 0.1) is 11.9 Å². The van der Waals surface area contributed by atoms with E-state index in [1.54, 1.807) is 6.92 Å². The monoisotopic (exact) mass is 362 g/mol. The van der Waals surface area contributed by atoms with Crippen LogP contribution in [-0.4, -0.2) is 20.7 Å². The number of amides is 1. The number of nitrogens with one attached hydrogen (secondary N) is 1. The lowest BCUT2D eigenvalue weighted by Gasteiger charge is -2.14. The fourth-order valence-electron chi connectivity index (χ4n) is 2.88. The molecule has 3 aromatic rings. The summed E-state index contributed by atoms with van der Waals surface area (Å²) in [5.74, 6) is -0.320. The Hall–Kier alpha value is -3.28. The van der Waals surface area contributed by atoms with Crippen molar-refractivity contribution >= 4 is 11.6 Å². The molecule has 138 valence electrons. The summed E-state index contributed by atoms with van der Waals surface area (Å²) >= 11 is 0. The first-order chi connectivity index (χ1) is 12.8. The van der Waals surface area contributed by atoms with Gasteiger partial charge in [0, 0.05) is 11.3 Å². The maximum absolute atomic E-state index is 12.5. The second-order valence-corrected chi connectivity index (χ2v) is 6.78. The Morgan fingerprint density at radius 2 is 1.63 bits per heavy atom. The normalized spacial score (nSPS) is 11.9. The fourth-order valence-corrected chi connectivity index (χ4v) is 2.88. The van der Waals surface area contributed by atoms with Gasteiger partial charge in [0.1, 0.15) is 6.04 Å². The Bertz CT molecular complexity index is 1020. The molecule has 0 unspecified atom stereocenters. The summed E-state index contributed by atoms with van der Waals surface area (Å²) in [6.45, 7) is 7.54. The number of carbonyl (C=O) groups is 1. The van der Waals surface area contributed by atoms with Crippen LogP contribution in [0, 0.1) is 20.8 Å². The highest BCUT2D eigenvalue weighted by Crippen LogP contribution is 2.17. The van der Waals surface area contributed by atoms with Gasteiger partial charge in [0.2, 0.25) is 5.91 Å². The van der Waals surface area contributed by atoms with E-state index >= 15 is 0 Å². The van der Waals surface area contributed by atoms with Gasteiger partial charge < -0.3 is 5.32 Å². The molecule has 1 heterocycles. The number of anilines is 1. The average molecular weight is 362 g/mol. The molecule has 0 saturated carbocycles. The highest BCUT2D eigenvalue weighted by molar-refractivity contribution is 5.93. The van der Waals surface area contributed by atoms with Gasteiger partial charge in [-0.05, 0) is 51.0 Å². The van der Waals surface area contributed by atoms with Crippen LogP contribution in [0.3, 0.4) is 0 Å². The molecule has 6 nitrogen and oxygen atoms in total. The largest absolute Gasteiger partial charge is 0.365 e. The summed E-state index contributed by atoms with van der Waals surface area (Å²) in [6, 6.07) is 12.7. The standard InChI is InChI=1S/C21H22N4O2/c1-13-5-7-17(8-6-13)19-12-22-25(21(27)24-19)16(4)20(26)23-18-10-14(2)9-15(3)11-18/h5-12,16H,1-4H3,(H,23,26)/t16-/m1/s1. The molecule has 0 aliphatic heterocycles. The molecule has 2 aromatic carbocycles. The average Bonchev–Trinajstić information content (AvgIpc) is 2.60. The number of hydrogen-bond donors (Lipinski definition) is 1. The van der Waals surface area contributed by atoms with E-state index in [2.05, 4.69) is 15.4 Å². The van der Waals surface area contributed by atoms with Crippen molar-refractivity contribution in [3.8, 4) is 11.3 Å². The Kier molecular flexibility index (Phi) is 5.16. The molecule has 1 amide bonds. The van der Waals surface area contributed by atoms with Crippen molar-refractivity contribution in [2.75, 3.05) is 5.32 Å². The molecular weight excluding hydrogens is 340 g/mol. The predicted molar refractivity (Wildman–Crippen MR) is 106 cm³/mol. The van der Waals surface area contributed by atoms with E-state index in [-0.39, 0.29) is 5.91 Å². The van der Waals surface area contributed by atoms with Gasteiger partial charge in [-0.2, -0.15) is 10.1 Å². The zero-order chi connectivity index (χ0) is 19.6. The fraction of sp³-hybridized carbons (Fsp3) is 0.238. The van der Waals surface area contributed by atoms with Gasteiger partial charge in [-0.1, -0.05) is 35.9 Å². The predicted octanol–water partition coefficient (Wildman–Crippen LogP) is 3.43. The zero-order valence-corrected chi connectivity index (χ0v) is 15.9. The van der Waals surface area contributed by atoms with Crippen molar-refractivity contribution in [1.82, 2.24) is 14.8 Å². The molecule has 1 aromatic heterocycles. The van der Waals surface area contributed by atoms with Crippen molar-refractivity contribution < 1.29 is 4.79 Å². The first kappa shape index (κ1) is 18.5. The van der Waals surface area contributed by atoms with E-state index in [1.165, 1.54) is 6.20 Å². The van der Waals surface area contributed by atoms with Crippen LogP contribution in [-0.2, 0) is 4.79 Å². The highest BCUT2D eigenvalue weighted by atomic mass is 16.2. The van der Waals surface area contributed by atoms with Crippen LogP contribution in [0.2, 0.25) is 0 Å². The first-order valence-corrected chi connectivity index (χ1v) is 8.75. The molecule has 0 saturated heterocycles. The molecule has 0 aliphatic rings. The summed E-state index contributed by atoms with van der Waals surface area (Å²) in [5, 5.41) is 6.99. The lowest BCUT2D eigenvalue weighted by Crippen LogP contribution is -2.34. The van der Waals surface area contributed by atoms with Gasteiger partial charge in [-0.25, -0.2) is 9.48 Å². The minimum absolute atomic E-state index is 0.320. The Balaban J connectivity index is 1.81. The number of nitrogens with zero attached hydrogens (tertiary/aromatic N) is 3. The number of aromatic nitrogens is 3. The van der Waals surface area contributed by atoms with E-state index in [0.717, 1.165) is 26.9 Å². The third kappa shape index (κ3) is 4.28. The Labute approximate surface area is 157 Å². The molecule has 6 heteroatoms. The van der Waals surface area contributed by atoms with Crippen LogP contribution in [0.1, 0.15) is 29.7 Å². The minimum atomic E-state index is -0.780. The van der Waals surface area contributed by atoms with Crippen molar-refractivity contribution in [3.05, 3.63) is 75.8 Å². The van der Waals surface area contributed by atoms with Crippen molar-refractivity contribution in [3.63, 3.8) is 0 Å². The van der Waals surface area contributed by atoms with Crippen LogP contribution in [0.5, 0.6) is 0 Å². The van der Waals surface area contributed by atoms with Gasteiger partial charge in [0.25, 0.3) is 0 Å². The lowest BCUT2D eigenvalue weighted by molar-refractivity contribution is -0.119. The van der Waals surface area contributed by atoms with E-state index < -0.39 is 11.7 Å². The van der Waals surface area contributed by atoms with E-state index in [1.807, 2.05) is 63.2 Å². The lowest BCUT2D eigenvalue weighted by atomic mass is 10.1. The summed E-state index contributed by atoms with van der Waals surface area (Å²) in [7, 11) is 0. The quantitative estimate of drug-likeness (QED) is 0.771. The maximum atomic E-state index is 12.5. The number of rotatable bonds is 4. The van der Waals surface area contributed by atoms with Crippen LogP contribution in [0.25, 0.3) is 11.3 Å². The zero-order valence-electron chi connectivity index (χ0n) is 15.9. The first-order valence-electron chi connectivity index (χ1n) is 8.75. The Morgan fingerprint density at radius 3 is 2.22 bits per heavy atom. The van der Waals surface area contributed by atoms with E-state index in [0.29, 0.717) is 11.4 Å². The maximum Gasteiger partial charge on any atom is 0.365 e. The number of carbonyl (C=O) groups excluding carboxylic acids is 1. The second-order valence-electron chi connectivity index (χ2n) is 6.78. The van der Waals surface area contributed by atoms with Crippen molar-refractivity contribution in [1.29, 1.82) is 0 Å². The molecule has 27 heavy (non-hydrogen) atoms. The molecule has 0 bridgehead atoms. The number of aryl methyl sites for hydroxylation is 3. The smallest absolute Gasteiger partial charge is 0.324 e. The summed E-state index contributed by atoms with van der Waals surface area (Å²) in [6.07, 6.45) is 1.51. The summed E-state index contributed by atoms with van der Waals surface area (Å²) in [5.41, 5.74) is 4.66. The van der Waals surface area contributed by atoms with E-state index in [9.17, 15) is 9.59 Å². The van der Waals surface area contributed by atoms with Gasteiger partial charge >= 0.3 is 5.69 Å². The number of hydrogen-bond acceptors (Lipinski definition) is 4. The second kappa shape index (κ2) is 7.53. The van der Waals surface area contributed by atoms with E-state index in [4.69, 9.17) is 0 Å². The molecule has 0 fully saturated rings. The molecule has 0 aliphatic carbocycles. The third-order valence-electron chi connectivity index (χ3n) is 4.30. The minimum Gasteiger partial charge on any atom is -0.324 e. The van der Waals surface area contributed by atoms with Gasteiger partial charge in [0.15, 0.2) is 0 Å². The molecule has 3 rings (SSSR count). The molecule has 0 radical (unpaired) electrons. The van der Waals surface area contributed by atoms with Crippen LogP contribution >= 0.6 is 0 Å². The molecule has 0 spiro atoms. The molecule has 1 N–H and O–H groups in total. The van der Waals surface area contributed by atoms with Crippen LogP contribution in [0.4, 0.5) is 5.69 Å². The van der Waals surface area contributed by atoms with Gasteiger partial charge in [-0.3, -0.25) is 4.79 Å². The van der Waals surface area contributed by atoms with Crippen LogP contribution < -0.4 is 11.0 Å². The third-order valence-corrected chi connectivity index (χ3v) is 4.30. The van der Waals surface area contributed by atoms with Gasteiger partial charge in [-0.15, -0.1) is 0 Å². The SMILES string of the molecule is Cc1ccc(-c2cnn([C@H](C)C(=O)Nc3cc(C)cc(C)c3)c(=O)n2)cc1. The summed E-state index contributed by atoms with van der Waals surface area (Å²) in [4.78, 5) is 29.0. The molecular formula is C21H22N4O2.